The minimum absolute atomic E-state index is 0.0304. The van der Waals surface area contributed by atoms with Crippen molar-refractivity contribution >= 4 is 17.4 Å². The molecule has 20 heavy (non-hydrogen) atoms. The molecule has 1 aliphatic carbocycles. The zero-order valence-corrected chi connectivity index (χ0v) is 12.0. The summed E-state index contributed by atoms with van der Waals surface area (Å²) in [6.45, 7) is 2.03. The number of halogens is 1. The molecule has 2 aromatic rings. The van der Waals surface area contributed by atoms with Crippen LogP contribution in [0.3, 0.4) is 0 Å². The lowest BCUT2D eigenvalue weighted by molar-refractivity contribution is 0.290. The van der Waals surface area contributed by atoms with E-state index in [1.54, 1.807) is 6.20 Å². The standard InChI is InChI=1S/C15H17ClN4/c16-12-3-7-17-10-11(12)15(4-1-5-15)13-9-14-18-6-2-8-20(14)19-13/h3,7,9-10,18H,1-2,4-6,8H2. The molecule has 0 saturated heterocycles. The van der Waals surface area contributed by atoms with Crippen molar-refractivity contribution in [2.24, 2.45) is 0 Å². The minimum Gasteiger partial charge on any atom is -0.370 e. The van der Waals surface area contributed by atoms with Gasteiger partial charge in [0, 0.05) is 47.6 Å². The number of hydrogen-bond acceptors (Lipinski definition) is 3. The van der Waals surface area contributed by atoms with Crippen LogP contribution in [0.25, 0.3) is 0 Å². The highest BCUT2D eigenvalue weighted by Crippen LogP contribution is 2.50. The van der Waals surface area contributed by atoms with E-state index in [9.17, 15) is 0 Å². The fraction of sp³-hybridized carbons (Fsp3) is 0.467. The van der Waals surface area contributed by atoms with Crippen LogP contribution in [0, 0.1) is 0 Å². The summed E-state index contributed by atoms with van der Waals surface area (Å²) in [5, 5.41) is 9.06. The Morgan fingerprint density at radius 2 is 2.20 bits per heavy atom. The van der Waals surface area contributed by atoms with Gasteiger partial charge in [-0.15, -0.1) is 0 Å². The molecule has 1 aliphatic heterocycles. The zero-order valence-electron chi connectivity index (χ0n) is 11.3. The van der Waals surface area contributed by atoms with Crippen LogP contribution in [-0.2, 0) is 12.0 Å². The number of pyridine rings is 1. The SMILES string of the molecule is Clc1ccncc1C1(c2cc3n(n2)CCCN3)CCC1. The summed E-state index contributed by atoms with van der Waals surface area (Å²) < 4.78 is 2.09. The zero-order chi connectivity index (χ0) is 13.6. The van der Waals surface area contributed by atoms with E-state index in [0.29, 0.717) is 0 Å². The second-order valence-corrected chi connectivity index (χ2v) is 6.12. The molecule has 0 unspecified atom stereocenters. The van der Waals surface area contributed by atoms with Crippen molar-refractivity contribution in [3.8, 4) is 0 Å². The first-order valence-electron chi connectivity index (χ1n) is 7.22. The van der Waals surface area contributed by atoms with Crippen molar-refractivity contribution in [3.63, 3.8) is 0 Å². The third-order valence-electron chi connectivity index (χ3n) is 4.61. The van der Waals surface area contributed by atoms with E-state index in [1.165, 1.54) is 6.42 Å². The Labute approximate surface area is 123 Å². The maximum Gasteiger partial charge on any atom is 0.124 e. The molecule has 0 aromatic carbocycles. The van der Waals surface area contributed by atoms with Crippen LogP contribution in [0.1, 0.15) is 36.9 Å². The Bertz CT molecular complexity index is 622. The third-order valence-corrected chi connectivity index (χ3v) is 4.94. The highest BCUT2D eigenvalue weighted by molar-refractivity contribution is 6.31. The Balaban J connectivity index is 1.82. The number of aromatic nitrogens is 3. The number of aryl methyl sites for hydroxylation is 1. The van der Waals surface area contributed by atoms with E-state index in [4.69, 9.17) is 16.7 Å². The molecule has 0 amide bonds. The molecule has 0 radical (unpaired) electrons. The molecule has 0 atom stereocenters. The summed E-state index contributed by atoms with van der Waals surface area (Å²) in [5.41, 5.74) is 2.24. The number of anilines is 1. The van der Waals surface area contributed by atoms with Crippen LogP contribution in [0.2, 0.25) is 5.02 Å². The second kappa shape index (κ2) is 4.48. The molecule has 5 heteroatoms. The Hall–Kier alpha value is -1.55. The van der Waals surface area contributed by atoms with Crippen molar-refractivity contribution in [2.45, 2.75) is 37.6 Å². The Morgan fingerprint density at radius 3 is 2.90 bits per heavy atom. The van der Waals surface area contributed by atoms with Gasteiger partial charge >= 0.3 is 0 Å². The number of nitrogens with one attached hydrogen (secondary N) is 1. The predicted molar refractivity (Wildman–Crippen MR) is 79.2 cm³/mol. The number of hydrogen-bond donors (Lipinski definition) is 1. The molecule has 1 N–H and O–H groups in total. The van der Waals surface area contributed by atoms with Gasteiger partial charge in [-0.1, -0.05) is 18.0 Å². The molecule has 0 bridgehead atoms. The van der Waals surface area contributed by atoms with Crippen LogP contribution >= 0.6 is 11.6 Å². The maximum atomic E-state index is 6.41. The van der Waals surface area contributed by atoms with E-state index < -0.39 is 0 Å². The van der Waals surface area contributed by atoms with Crippen LogP contribution in [0.15, 0.2) is 24.5 Å². The molecule has 1 saturated carbocycles. The molecule has 3 heterocycles. The topological polar surface area (TPSA) is 42.7 Å². The number of nitrogens with zero attached hydrogens (tertiary/aromatic N) is 3. The smallest absolute Gasteiger partial charge is 0.124 e. The van der Waals surface area contributed by atoms with Crippen LogP contribution < -0.4 is 5.32 Å². The molecule has 4 rings (SSSR count). The van der Waals surface area contributed by atoms with Gasteiger partial charge in [0.2, 0.25) is 0 Å². The molecule has 2 aliphatic rings. The molecule has 2 aromatic heterocycles. The van der Waals surface area contributed by atoms with E-state index in [2.05, 4.69) is 21.0 Å². The summed E-state index contributed by atoms with van der Waals surface area (Å²) in [6, 6.07) is 4.08. The number of rotatable bonds is 2. The van der Waals surface area contributed by atoms with Crippen molar-refractivity contribution in [3.05, 3.63) is 40.8 Å². The first-order chi connectivity index (χ1) is 9.79. The summed E-state index contributed by atoms with van der Waals surface area (Å²) in [6.07, 6.45) is 8.23. The van der Waals surface area contributed by atoms with Crippen molar-refractivity contribution in [2.75, 3.05) is 11.9 Å². The van der Waals surface area contributed by atoms with Crippen molar-refractivity contribution in [1.29, 1.82) is 0 Å². The van der Waals surface area contributed by atoms with E-state index in [0.717, 1.165) is 54.4 Å². The molecule has 1 fully saturated rings. The molecule has 104 valence electrons. The van der Waals surface area contributed by atoms with Gasteiger partial charge in [-0.05, 0) is 25.3 Å². The van der Waals surface area contributed by atoms with Gasteiger partial charge in [-0.2, -0.15) is 5.10 Å². The Morgan fingerprint density at radius 1 is 1.30 bits per heavy atom. The monoisotopic (exact) mass is 288 g/mol. The van der Waals surface area contributed by atoms with E-state index in [1.807, 2.05) is 12.3 Å². The molecular formula is C15H17ClN4. The first-order valence-corrected chi connectivity index (χ1v) is 7.60. The summed E-state index contributed by atoms with van der Waals surface area (Å²) in [4.78, 5) is 4.27. The van der Waals surface area contributed by atoms with Crippen molar-refractivity contribution < 1.29 is 0 Å². The van der Waals surface area contributed by atoms with Crippen LogP contribution in [0.5, 0.6) is 0 Å². The number of fused-ring (bicyclic) bond motifs is 1. The average Bonchev–Trinajstić information content (AvgIpc) is 2.83. The normalized spacial score (nSPS) is 19.9. The average molecular weight is 289 g/mol. The quantitative estimate of drug-likeness (QED) is 0.923. The second-order valence-electron chi connectivity index (χ2n) is 5.71. The van der Waals surface area contributed by atoms with Gasteiger partial charge in [-0.25, -0.2) is 4.68 Å². The van der Waals surface area contributed by atoms with Gasteiger partial charge in [0.1, 0.15) is 5.82 Å². The van der Waals surface area contributed by atoms with Crippen LogP contribution in [0.4, 0.5) is 5.82 Å². The third kappa shape index (κ3) is 1.67. The van der Waals surface area contributed by atoms with E-state index >= 15 is 0 Å². The van der Waals surface area contributed by atoms with Gasteiger partial charge < -0.3 is 5.32 Å². The van der Waals surface area contributed by atoms with Gasteiger partial charge in [0.05, 0.1) is 5.69 Å². The largest absolute Gasteiger partial charge is 0.370 e. The van der Waals surface area contributed by atoms with Crippen molar-refractivity contribution in [1.82, 2.24) is 14.8 Å². The first kappa shape index (κ1) is 12.2. The molecular weight excluding hydrogens is 272 g/mol. The highest BCUT2D eigenvalue weighted by Gasteiger charge is 2.44. The lowest BCUT2D eigenvalue weighted by Crippen LogP contribution is -2.36. The lowest BCUT2D eigenvalue weighted by Gasteiger charge is -2.41. The summed E-state index contributed by atoms with van der Waals surface area (Å²) in [5.74, 6) is 1.14. The predicted octanol–water partition coefficient (Wildman–Crippen LogP) is 3.22. The minimum atomic E-state index is -0.0304. The molecule has 0 spiro atoms. The molecule has 4 nitrogen and oxygen atoms in total. The lowest BCUT2D eigenvalue weighted by atomic mass is 9.63. The fourth-order valence-corrected chi connectivity index (χ4v) is 3.62. The summed E-state index contributed by atoms with van der Waals surface area (Å²) in [7, 11) is 0. The summed E-state index contributed by atoms with van der Waals surface area (Å²) >= 11 is 6.41. The van der Waals surface area contributed by atoms with Crippen LogP contribution in [-0.4, -0.2) is 21.3 Å². The van der Waals surface area contributed by atoms with Gasteiger partial charge in [0.25, 0.3) is 0 Å². The van der Waals surface area contributed by atoms with Gasteiger partial charge in [-0.3, -0.25) is 4.98 Å². The Kier molecular flexibility index (Phi) is 2.74. The van der Waals surface area contributed by atoms with E-state index in [-0.39, 0.29) is 5.41 Å². The highest BCUT2D eigenvalue weighted by atomic mass is 35.5. The van der Waals surface area contributed by atoms with Gasteiger partial charge in [0.15, 0.2) is 0 Å². The maximum absolute atomic E-state index is 6.41. The fourth-order valence-electron chi connectivity index (χ4n) is 3.33.